The normalized spacial score (nSPS) is 23.7. The molecule has 0 saturated heterocycles. The molecular weight excluding hydrogens is 286 g/mol. The first-order chi connectivity index (χ1) is 8.36. The van der Waals surface area contributed by atoms with E-state index in [1.807, 2.05) is 0 Å². The summed E-state index contributed by atoms with van der Waals surface area (Å²) in [5, 5.41) is 4.10. The van der Waals surface area contributed by atoms with Gasteiger partial charge in [0.15, 0.2) is 0 Å². The van der Waals surface area contributed by atoms with Crippen LogP contribution in [0.5, 0.6) is 0 Å². The number of hydroxylamine groups is 2. The Kier molecular flexibility index (Phi) is 5.02. The number of hydrogen-bond donors (Lipinski definition) is 0. The van der Waals surface area contributed by atoms with E-state index in [1.54, 1.807) is 11.9 Å². The Morgan fingerprint density at radius 3 is 2.22 bits per heavy atom. The molecule has 0 aromatic carbocycles. The number of hydrogen-bond acceptors (Lipinski definition) is 6. The zero-order chi connectivity index (χ0) is 13.9. The summed E-state index contributed by atoms with van der Waals surface area (Å²) in [6, 6.07) is -0.283. The SMILES string of the molecule is CON=C(N(OC)OC)N(C)C1CC1S(=O)(=O)Cl. The van der Waals surface area contributed by atoms with Crippen LogP contribution in [-0.4, -0.2) is 64.2 Å². The standard InChI is InChI=1S/C8H16ClN3O5S/c1-11(6-5-7(6)18(9,13)14)8(10-15-2)12(16-3)17-4/h6-7H,5H2,1-4H3. The maximum Gasteiger partial charge on any atom is 0.290 e. The molecule has 0 spiro atoms. The lowest BCUT2D eigenvalue weighted by Crippen LogP contribution is -2.43. The molecule has 0 N–H and O–H groups in total. The molecule has 0 aromatic rings. The molecule has 1 aliphatic rings. The van der Waals surface area contributed by atoms with Gasteiger partial charge < -0.3 is 9.74 Å². The fraction of sp³-hybridized carbons (Fsp3) is 0.875. The molecule has 10 heteroatoms. The van der Waals surface area contributed by atoms with Crippen molar-refractivity contribution >= 4 is 25.7 Å². The molecule has 0 amide bonds. The van der Waals surface area contributed by atoms with Crippen molar-refractivity contribution in [1.29, 1.82) is 0 Å². The summed E-state index contributed by atoms with van der Waals surface area (Å²) >= 11 is 0. The van der Waals surface area contributed by atoms with Gasteiger partial charge in [0.2, 0.25) is 9.05 Å². The maximum absolute atomic E-state index is 11.2. The van der Waals surface area contributed by atoms with E-state index in [1.165, 1.54) is 21.3 Å². The second kappa shape index (κ2) is 5.91. The van der Waals surface area contributed by atoms with Gasteiger partial charge in [-0.3, -0.25) is 0 Å². The molecule has 2 unspecified atom stereocenters. The van der Waals surface area contributed by atoms with Crippen molar-refractivity contribution in [3.8, 4) is 0 Å². The summed E-state index contributed by atoms with van der Waals surface area (Å²) in [6.07, 6.45) is 0.423. The lowest BCUT2D eigenvalue weighted by atomic mass is 10.6. The molecule has 0 radical (unpaired) electrons. The van der Waals surface area contributed by atoms with Crippen molar-refractivity contribution in [1.82, 2.24) is 10.1 Å². The van der Waals surface area contributed by atoms with Gasteiger partial charge in [0.05, 0.1) is 25.5 Å². The maximum atomic E-state index is 11.2. The van der Waals surface area contributed by atoms with Crippen LogP contribution in [0, 0.1) is 0 Å². The minimum absolute atomic E-state index is 0.190. The summed E-state index contributed by atoms with van der Waals surface area (Å²) in [7, 11) is 7.49. The van der Waals surface area contributed by atoms with E-state index in [-0.39, 0.29) is 12.0 Å². The zero-order valence-corrected chi connectivity index (χ0v) is 12.1. The number of halogens is 1. The summed E-state index contributed by atoms with van der Waals surface area (Å²) in [5.41, 5.74) is 0. The Bertz CT molecular complexity index is 411. The van der Waals surface area contributed by atoms with E-state index in [0.717, 1.165) is 5.23 Å². The van der Waals surface area contributed by atoms with Crippen molar-refractivity contribution < 1.29 is 22.9 Å². The number of nitrogens with zero attached hydrogens (tertiary/aromatic N) is 3. The monoisotopic (exact) mass is 301 g/mol. The van der Waals surface area contributed by atoms with Crippen LogP contribution in [0.25, 0.3) is 0 Å². The van der Waals surface area contributed by atoms with E-state index in [0.29, 0.717) is 6.42 Å². The first-order valence-electron chi connectivity index (χ1n) is 5.02. The molecule has 1 saturated carbocycles. The Hall–Kier alpha value is -0.770. The molecular formula is C8H16ClN3O5S. The van der Waals surface area contributed by atoms with Gasteiger partial charge in [0.25, 0.3) is 5.96 Å². The molecule has 106 valence electrons. The van der Waals surface area contributed by atoms with E-state index in [4.69, 9.17) is 20.4 Å². The first kappa shape index (κ1) is 15.3. The highest BCUT2D eigenvalue weighted by atomic mass is 35.7. The Balaban J connectivity index is 2.81. The molecule has 1 rings (SSSR count). The van der Waals surface area contributed by atoms with Crippen molar-refractivity contribution in [2.24, 2.45) is 5.16 Å². The third-order valence-corrected chi connectivity index (χ3v) is 4.46. The number of guanidine groups is 1. The van der Waals surface area contributed by atoms with Crippen molar-refractivity contribution in [2.75, 3.05) is 28.4 Å². The van der Waals surface area contributed by atoms with Crippen LogP contribution in [-0.2, 0) is 23.6 Å². The summed E-state index contributed by atoms with van der Waals surface area (Å²) < 4.78 is 22.4. The summed E-state index contributed by atoms with van der Waals surface area (Å²) in [4.78, 5) is 16.1. The first-order valence-corrected chi connectivity index (χ1v) is 7.39. The van der Waals surface area contributed by atoms with Gasteiger partial charge in [-0.25, -0.2) is 18.1 Å². The minimum atomic E-state index is -3.58. The van der Waals surface area contributed by atoms with Gasteiger partial charge in [-0.05, 0) is 11.6 Å². The van der Waals surface area contributed by atoms with E-state index in [9.17, 15) is 8.42 Å². The third-order valence-electron chi connectivity index (χ3n) is 2.54. The molecule has 0 bridgehead atoms. The van der Waals surface area contributed by atoms with Crippen LogP contribution >= 0.6 is 10.7 Å². The van der Waals surface area contributed by atoms with Crippen molar-refractivity contribution in [3.63, 3.8) is 0 Å². The highest BCUT2D eigenvalue weighted by molar-refractivity contribution is 8.14. The van der Waals surface area contributed by atoms with Crippen LogP contribution in [0.3, 0.4) is 0 Å². The van der Waals surface area contributed by atoms with Crippen LogP contribution < -0.4 is 0 Å². The van der Waals surface area contributed by atoms with E-state index in [2.05, 4.69) is 9.99 Å². The third kappa shape index (κ3) is 3.37. The molecule has 0 heterocycles. The Labute approximate surface area is 110 Å². The predicted molar refractivity (Wildman–Crippen MR) is 65.0 cm³/mol. The smallest absolute Gasteiger partial charge is 0.290 e. The molecule has 1 aliphatic carbocycles. The fourth-order valence-corrected chi connectivity index (χ4v) is 3.12. The molecule has 1 fully saturated rings. The quantitative estimate of drug-likeness (QED) is 0.305. The second-order valence-corrected chi connectivity index (χ2v) is 6.47. The van der Waals surface area contributed by atoms with Crippen LogP contribution in [0.1, 0.15) is 6.42 Å². The topological polar surface area (TPSA) is 80.7 Å². The van der Waals surface area contributed by atoms with Crippen molar-refractivity contribution in [3.05, 3.63) is 0 Å². The fourth-order valence-electron chi connectivity index (χ4n) is 1.56. The largest absolute Gasteiger partial charge is 0.396 e. The number of oxime groups is 1. The van der Waals surface area contributed by atoms with Crippen LogP contribution in [0.2, 0.25) is 0 Å². The van der Waals surface area contributed by atoms with Gasteiger partial charge >= 0.3 is 0 Å². The average molecular weight is 302 g/mol. The Morgan fingerprint density at radius 2 is 1.89 bits per heavy atom. The summed E-state index contributed by atoms with van der Waals surface area (Å²) in [6.45, 7) is 0. The average Bonchev–Trinajstić information content (AvgIpc) is 3.08. The van der Waals surface area contributed by atoms with E-state index >= 15 is 0 Å². The minimum Gasteiger partial charge on any atom is -0.396 e. The molecule has 2 atom stereocenters. The van der Waals surface area contributed by atoms with Gasteiger partial charge in [0.1, 0.15) is 7.11 Å². The van der Waals surface area contributed by atoms with Crippen LogP contribution in [0.15, 0.2) is 5.16 Å². The lowest BCUT2D eigenvalue weighted by molar-refractivity contribution is -0.294. The lowest BCUT2D eigenvalue weighted by Gasteiger charge is -2.26. The molecule has 0 aliphatic heterocycles. The van der Waals surface area contributed by atoms with Gasteiger partial charge in [-0.15, -0.1) is 0 Å². The van der Waals surface area contributed by atoms with Crippen LogP contribution in [0.4, 0.5) is 0 Å². The molecule has 18 heavy (non-hydrogen) atoms. The molecule has 8 nitrogen and oxygen atoms in total. The molecule has 0 aromatic heterocycles. The second-order valence-electron chi connectivity index (χ2n) is 3.62. The zero-order valence-electron chi connectivity index (χ0n) is 10.5. The number of rotatable bonds is 5. The van der Waals surface area contributed by atoms with E-state index < -0.39 is 14.3 Å². The summed E-state index contributed by atoms with van der Waals surface area (Å²) in [5.74, 6) is 0.190. The van der Waals surface area contributed by atoms with Crippen molar-refractivity contribution in [2.45, 2.75) is 17.7 Å². The van der Waals surface area contributed by atoms with Gasteiger partial charge in [-0.2, -0.15) is 0 Å². The van der Waals surface area contributed by atoms with Gasteiger partial charge in [-0.1, -0.05) is 5.23 Å². The highest BCUT2D eigenvalue weighted by Gasteiger charge is 2.51. The highest BCUT2D eigenvalue weighted by Crippen LogP contribution is 2.36. The predicted octanol–water partition coefficient (Wildman–Crippen LogP) is -0.0301. The Morgan fingerprint density at radius 1 is 1.33 bits per heavy atom. The van der Waals surface area contributed by atoms with Gasteiger partial charge in [0, 0.05) is 17.7 Å².